The summed E-state index contributed by atoms with van der Waals surface area (Å²) in [5, 5.41) is 22.8. The normalized spacial score (nSPS) is 15.2. The summed E-state index contributed by atoms with van der Waals surface area (Å²) in [5.41, 5.74) is -3.09. The molecule has 1 saturated heterocycles. The molecule has 2 N–H and O–H groups in total. The number of nitrogens with one attached hydrogen (secondary N) is 1. The van der Waals surface area contributed by atoms with Gasteiger partial charge in [-0.25, -0.2) is 4.68 Å². The molecule has 2 aromatic heterocycles. The third kappa shape index (κ3) is 7.27. The van der Waals surface area contributed by atoms with Gasteiger partial charge >= 0.3 is 18.3 Å². The molecule has 2 amide bonds. The van der Waals surface area contributed by atoms with Crippen molar-refractivity contribution in [3.63, 3.8) is 0 Å². The minimum atomic E-state index is -4.99. The molecule has 0 radical (unpaired) electrons. The number of rotatable bonds is 8. The fraction of sp³-hybridized carbons (Fsp3) is 0.227. The van der Waals surface area contributed by atoms with Crippen molar-refractivity contribution in [3.8, 4) is 11.1 Å². The van der Waals surface area contributed by atoms with Crippen molar-refractivity contribution in [1.82, 2.24) is 25.1 Å². The monoisotopic (exact) mass is 636 g/mol. The maximum atomic E-state index is 13.2. The first kappa shape index (κ1) is 30.1. The Hall–Kier alpha value is -3.84. The number of tetrazole rings is 1. The Kier molecular flexibility index (Phi) is 8.50. The summed E-state index contributed by atoms with van der Waals surface area (Å²) in [5.74, 6) is -2.64. The van der Waals surface area contributed by atoms with Crippen molar-refractivity contribution in [2.75, 3.05) is 11.9 Å². The second kappa shape index (κ2) is 11.6. The summed E-state index contributed by atoms with van der Waals surface area (Å²) in [6.45, 7) is -0.738. The zero-order valence-corrected chi connectivity index (χ0v) is 22.4. The van der Waals surface area contributed by atoms with Gasteiger partial charge in [-0.1, -0.05) is 29.1 Å². The predicted octanol–water partition coefficient (Wildman–Crippen LogP) is 4.75. The quantitative estimate of drug-likeness (QED) is 0.204. The van der Waals surface area contributed by atoms with E-state index in [-0.39, 0.29) is 45.3 Å². The summed E-state index contributed by atoms with van der Waals surface area (Å²) in [4.78, 5) is 37.7. The van der Waals surface area contributed by atoms with Crippen molar-refractivity contribution >= 4 is 69.4 Å². The van der Waals surface area contributed by atoms with Gasteiger partial charge in [-0.3, -0.25) is 24.6 Å². The van der Waals surface area contributed by atoms with Crippen LogP contribution < -0.4 is 5.32 Å². The Bertz CT molecular complexity index is 1530. The van der Waals surface area contributed by atoms with Gasteiger partial charge < -0.3 is 5.11 Å². The Balaban J connectivity index is 1.46. The number of hydrogen-bond donors (Lipinski definition) is 2. The highest BCUT2D eigenvalue weighted by atomic mass is 32.2. The van der Waals surface area contributed by atoms with Crippen LogP contribution in [0.2, 0.25) is 0 Å². The molecule has 1 aliphatic heterocycles. The van der Waals surface area contributed by atoms with Gasteiger partial charge in [-0.05, 0) is 57.3 Å². The fourth-order valence-corrected chi connectivity index (χ4v) is 5.67. The van der Waals surface area contributed by atoms with E-state index in [0.717, 1.165) is 32.7 Å². The largest absolute Gasteiger partial charge is 0.480 e. The zero-order valence-electron chi connectivity index (χ0n) is 20.0. The predicted molar refractivity (Wildman–Crippen MR) is 138 cm³/mol. The summed E-state index contributed by atoms with van der Waals surface area (Å²) in [7, 11) is 0. The summed E-state index contributed by atoms with van der Waals surface area (Å²) in [6, 6.07) is 2.62. The van der Waals surface area contributed by atoms with Gasteiger partial charge in [-0.15, -0.1) is 11.3 Å². The molecule has 1 aliphatic rings. The Labute approximate surface area is 239 Å². The molecular formula is C22H14F6N6O4S3. The van der Waals surface area contributed by atoms with Gasteiger partial charge in [0.05, 0.1) is 16.0 Å². The first-order valence-corrected chi connectivity index (χ1v) is 13.1. The molecule has 0 spiro atoms. The molecule has 4 rings (SSSR count). The summed E-state index contributed by atoms with van der Waals surface area (Å²) < 4.78 is 80.3. The van der Waals surface area contributed by atoms with Crippen molar-refractivity contribution in [2.24, 2.45) is 0 Å². The number of carboxylic acid groups (broad SMARTS) is 1. The molecule has 3 heterocycles. The number of hydrogen-bond acceptors (Lipinski definition) is 9. The lowest BCUT2D eigenvalue weighted by atomic mass is 10.0. The van der Waals surface area contributed by atoms with E-state index in [1.165, 1.54) is 17.5 Å². The maximum Gasteiger partial charge on any atom is 0.416 e. The first-order valence-electron chi connectivity index (χ1n) is 11.0. The molecule has 216 valence electrons. The molecule has 1 fully saturated rings. The van der Waals surface area contributed by atoms with Crippen LogP contribution in [0, 0.1) is 0 Å². The lowest BCUT2D eigenvalue weighted by Gasteiger charge is -2.13. The number of anilines is 1. The van der Waals surface area contributed by atoms with Gasteiger partial charge in [0, 0.05) is 17.8 Å². The molecule has 19 heteroatoms. The maximum absolute atomic E-state index is 13.2. The molecule has 0 bridgehead atoms. The van der Waals surface area contributed by atoms with Crippen LogP contribution in [-0.2, 0) is 33.3 Å². The minimum absolute atomic E-state index is 0.0420. The van der Waals surface area contributed by atoms with E-state index in [4.69, 9.17) is 17.3 Å². The number of thiophene rings is 1. The third-order valence-electron chi connectivity index (χ3n) is 5.32. The first-order chi connectivity index (χ1) is 19.1. The van der Waals surface area contributed by atoms with Crippen molar-refractivity contribution in [2.45, 2.75) is 25.3 Å². The number of amides is 2. The highest BCUT2D eigenvalue weighted by Gasteiger charge is 2.37. The van der Waals surface area contributed by atoms with E-state index in [2.05, 4.69) is 20.8 Å². The SMILES string of the molecule is O=C(O)Cn1nnnc1NC(=O)CCN1C(=O)C(=Cc2cc(-c3cc(C(F)(F)F)cc(C(F)(F)F)c3)cs2)SC1=S. The Morgan fingerprint density at radius 3 is 2.32 bits per heavy atom. The van der Waals surface area contributed by atoms with Crippen LogP contribution in [0.25, 0.3) is 17.2 Å². The smallest absolute Gasteiger partial charge is 0.416 e. The van der Waals surface area contributed by atoms with Gasteiger partial charge in [0.2, 0.25) is 11.9 Å². The molecule has 1 aromatic carbocycles. The van der Waals surface area contributed by atoms with E-state index in [1.54, 1.807) is 0 Å². The standard InChI is InChI=1S/C22H14F6N6O4S3/c23-21(24,25)12-3-10(4-13(6-12)22(26,27)28)11-5-14(40-9-11)7-15-18(38)33(20(39)41-15)2-1-16(35)29-19-30-31-32-34(19)8-17(36)37/h3-7,9H,1-2,8H2,(H,36,37)(H,29,30,32,35). The van der Waals surface area contributed by atoms with Crippen LogP contribution >= 0.6 is 35.3 Å². The van der Waals surface area contributed by atoms with Crippen molar-refractivity contribution in [3.05, 3.63) is 50.6 Å². The van der Waals surface area contributed by atoms with Crippen molar-refractivity contribution in [1.29, 1.82) is 0 Å². The highest BCUT2D eigenvalue weighted by Crippen LogP contribution is 2.40. The number of aromatic nitrogens is 4. The van der Waals surface area contributed by atoms with E-state index < -0.39 is 47.8 Å². The number of thiocarbonyl (C=S) groups is 1. The molecule has 3 aromatic rings. The lowest BCUT2D eigenvalue weighted by molar-refractivity contribution is -0.143. The number of carboxylic acids is 1. The van der Waals surface area contributed by atoms with Gasteiger partial charge in [0.15, 0.2) is 0 Å². The number of carbonyl (C=O) groups is 3. The van der Waals surface area contributed by atoms with Crippen LogP contribution in [0.1, 0.15) is 22.4 Å². The van der Waals surface area contributed by atoms with E-state index in [0.29, 0.717) is 17.0 Å². The summed E-state index contributed by atoms with van der Waals surface area (Å²) in [6.07, 6.45) is -8.84. The van der Waals surface area contributed by atoms with Gasteiger partial charge in [-0.2, -0.15) is 26.3 Å². The van der Waals surface area contributed by atoms with Crippen LogP contribution in [-0.4, -0.2) is 58.9 Å². The molecule has 0 saturated carbocycles. The fourth-order valence-electron chi connectivity index (χ4n) is 3.45. The second-order valence-corrected chi connectivity index (χ2v) is 10.8. The average Bonchev–Trinajstić information content (AvgIpc) is 3.57. The number of thioether (sulfide) groups is 1. The number of nitrogens with zero attached hydrogens (tertiary/aromatic N) is 5. The van der Waals surface area contributed by atoms with Crippen LogP contribution in [0.5, 0.6) is 0 Å². The molecular weight excluding hydrogens is 622 g/mol. The Morgan fingerprint density at radius 2 is 1.71 bits per heavy atom. The Morgan fingerprint density at radius 1 is 1.05 bits per heavy atom. The third-order valence-corrected chi connectivity index (χ3v) is 7.58. The van der Waals surface area contributed by atoms with Crippen LogP contribution in [0.4, 0.5) is 32.3 Å². The zero-order chi connectivity index (χ0) is 30.1. The van der Waals surface area contributed by atoms with E-state index in [1.807, 2.05) is 0 Å². The molecule has 0 unspecified atom stereocenters. The summed E-state index contributed by atoms with van der Waals surface area (Å²) >= 11 is 7.11. The number of aliphatic carboxylic acids is 1. The van der Waals surface area contributed by atoms with E-state index >= 15 is 0 Å². The number of benzene rings is 1. The van der Waals surface area contributed by atoms with E-state index in [9.17, 15) is 40.7 Å². The molecule has 41 heavy (non-hydrogen) atoms. The molecule has 10 nitrogen and oxygen atoms in total. The minimum Gasteiger partial charge on any atom is -0.480 e. The van der Waals surface area contributed by atoms with Crippen LogP contribution in [0.3, 0.4) is 0 Å². The van der Waals surface area contributed by atoms with Crippen molar-refractivity contribution < 1.29 is 45.8 Å². The molecule has 0 aliphatic carbocycles. The van der Waals surface area contributed by atoms with Gasteiger partial charge in [0.1, 0.15) is 10.9 Å². The number of carbonyl (C=O) groups excluding carboxylic acids is 2. The lowest BCUT2D eigenvalue weighted by Crippen LogP contribution is -2.31. The number of halogens is 6. The second-order valence-electron chi connectivity index (χ2n) is 8.22. The van der Waals surface area contributed by atoms with Gasteiger partial charge in [0.25, 0.3) is 5.91 Å². The average molecular weight is 637 g/mol. The molecule has 0 atom stereocenters. The topological polar surface area (TPSA) is 130 Å². The number of alkyl halides is 6. The van der Waals surface area contributed by atoms with Crippen LogP contribution in [0.15, 0.2) is 34.6 Å². The highest BCUT2D eigenvalue weighted by molar-refractivity contribution is 8.26.